The first kappa shape index (κ1) is 8.25. The molecule has 2 heterocycles. The van der Waals surface area contributed by atoms with Crippen LogP contribution in [-0.2, 0) is 0 Å². The standard InChI is InChI=1S/C8H11N3O2/c12-7-2-4-10-8(13)11(7)6-1-3-9-5-6/h2,4,6,9H,1,3,5H2,(H,10,13). The molecule has 1 saturated heterocycles. The zero-order chi connectivity index (χ0) is 9.26. The fraction of sp³-hybridized carbons (Fsp3) is 0.500. The van der Waals surface area contributed by atoms with Gasteiger partial charge in [-0.05, 0) is 13.0 Å². The summed E-state index contributed by atoms with van der Waals surface area (Å²) in [5.74, 6) is 0. The molecular weight excluding hydrogens is 170 g/mol. The average Bonchev–Trinajstić information content (AvgIpc) is 2.57. The third kappa shape index (κ3) is 1.42. The molecule has 2 N–H and O–H groups in total. The summed E-state index contributed by atoms with van der Waals surface area (Å²) < 4.78 is 1.28. The zero-order valence-electron chi connectivity index (χ0n) is 7.12. The number of aromatic amines is 1. The SMILES string of the molecule is O=c1cc[nH]c(=O)n1C1CCNC1. The van der Waals surface area contributed by atoms with E-state index in [9.17, 15) is 9.59 Å². The Labute approximate surface area is 74.4 Å². The van der Waals surface area contributed by atoms with Crippen LogP contribution in [0.1, 0.15) is 12.5 Å². The summed E-state index contributed by atoms with van der Waals surface area (Å²) in [6, 6.07) is 1.39. The second kappa shape index (κ2) is 3.18. The smallest absolute Gasteiger partial charge is 0.315 e. The maximum atomic E-state index is 11.3. The molecule has 1 aromatic rings. The van der Waals surface area contributed by atoms with Gasteiger partial charge in [-0.3, -0.25) is 9.36 Å². The van der Waals surface area contributed by atoms with E-state index in [1.807, 2.05) is 0 Å². The molecule has 1 fully saturated rings. The quantitative estimate of drug-likeness (QED) is 0.588. The topological polar surface area (TPSA) is 66.9 Å². The van der Waals surface area contributed by atoms with E-state index >= 15 is 0 Å². The monoisotopic (exact) mass is 181 g/mol. The van der Waals surface area contributed by atoms with E-state index in [2.05, 4.69) is 10.3 Å². The molecule has 1 aliphatic heterocycles. The summed E-state index contributed by atoms with van der Waals surface area (Å²) in [5, 5.41) is 3.11. The minimum Gasteiger partial charge on any atom is -0.315 e. The number of rotatable bonds is 1. The van der Waals surface area contributed by atoms with E-state index in [1.54, 1.807) is 0 Å². The third-order valence-electron chi connectivity index (χ3n) is 2.29. The molecule has 0 radical (unpaired) electrons. The van der Waals surface area contributed by atoms with Crippen molar-refractivity contribution in [2.24, 2.45) is 0 Å². The average molecular weight is 181 g/mol. The van der Waals surface area contributed by atoms with Gasteiger partial charge < -0.3 is 10.3 Å². The number of hydrogen-bond donors (Lipinski definition) is 2. The molecule has 1 aliphatic rings. The van der Waals surface area contributed by atoms with Crippen molar-refractivity contribution < 1.29 is 0 Å². The van der Waals surface area contributed by atoms with Crippen molar-refractivity contribution in [2.75, 3.05) is 13.1 Å². The predicted molar refractivity (Wildman–Crippen MR) is 47.8 cm³/mol. The van der Waals surface area contributed by atoms with Crippen molar-refractivity contribution in [1.82, 2.24) is 14.9 Å². The van der Waals surface area contributed by atoms with Crippen LogP contribution in [-0.4, -0.2) is 22.6 Å². The Morgan fingerprint density at radius 3 is 2.92 bits per heavy atom. The highest BCUT2D eigenvalue weighted by molar-refractivity contribution is 4.88. The van der Waals surface area contributed by atoms with Crippen LogP contribution >= 0.6 is 0 Å². The second-order valence-corrected chi connectivity index (χ2v) is 3.14. The van der Waals surface area contributed by atoms with E-state index in [0.29, 0.717) is 6.54 Å². The van der Waals surface area contributed by atoms with Crippen LogP contribution < -0.4 is 16.6 Å². The molecule has 2 rings (SSSR count). The molecule has 0 amide bonds. The molecule has 13 heavy (non-hydrogen) atoms. The van der Waals surface area contributed by atoms with Gasteiger partial charge in [-0.25, -0.2) is 4.79 Å². The summed E-state index contributed by atoms with van der Waals surface area (Å²) in [6.45, 7) is 1.57. The van der Waals surface area contributed by atoms with Gasteiger partial charge >= 0.3 is 5.69 Å². The number of hydrogen-bond acceptors (Lipinski definition) is 3. The van der Waals surface area contributed by atoms with Gasteiger partial charge in [0.1, 0.15) is 0 Å². The summed E-state index contributed by atoms with van der Waals surface area (Å²) in [5.41, 5.74) is -0.543. The van der Waals surface area contributed by atoms with E-state index in [4.69, 9.17) is 0 Å². The maximum Gasteiger partial charge on any atom is 0.328 e. The third-order valence-corrected chi connectivity index (χ3v) is 2.29. The minimum atomic E-state index is -0.318. The largest absolute Gasteiger partial charge is 0.328 e. The van der Waals surface area contributed by atoms with Crippen LogP contribution in [0.3, 0.4) is 0 Å². The Balaban J connectivity index is 2.49. The van der Waals surface area contributed by atoms with Crippen LogP contribution in [0.25, 0.3) is 0 Å². The second-order valence-electron chi connectivity index (χ2n) is 3.14. The van der Waals surface area contributed by atoms with Crippen LogP contribution in [0.15, 0.2) is 21.9 Å². The molecule has 1 atom stereocenters. The lowest BCUT2D eigenvalue weighted by molar-refractivity contribution is 0.503. The first-order valence-electron chi connectivity index (χ1n) is 4.30. The molecular formula is C8H11N3O2. The van der Waals surface area contributed by atoms with Crippen LogP contribution in [0, 0.1) is 0 Å². The fourth-order valence-corrected chi connectivity index (χ4v) is 1.64. The van der Waals surface area contributed by atoms with Gasteiger partial charge in [0, 0.05) is 18.8 Å². The van der Waals surface area contributed by atoms with Crippen LogP contribution in [0.5, 0.6) is 0 Å². The predicted octanol–water partition coefficient (Wildman–Crippen LogP) is -0.929. The summed E-state index contributed by atoms with van der Waals surface area (Å²) in [4.78, 5) is 25.1. The highest BCUT2D eigenvalue weighted by Crippen LogP contribution is 2.09. The molecule has 0 aromatic carbocycles. The van der Waals surface area contributed by atoms with Gasteiger partial charge in [-0.15, -0.1) is 0 Å². The number of H-pyrrole nitrogens is 1. The summed E-state index contributed by atoms with van der Waals surface area (Å²) >= 11 is 0. The van der Waals surface area contributed by atoms with Crippen molar-refractivity contribution >= 4 is 0 Å². The first-order chi connectivity index (χ1) is 6.29. The van der Waals surface area contributed by atoms with E-state index < -0.39 is 0 Å². The fourth-order valence-electron chi connectivity index (χ4n) is 1.64. The number of nitrogens with zero attached hydrogens (tertiary/aromatic N) is 1. The van der Waals surface area contributed by atoms with Gasteiger partial charge in [0.15, 0.2) is 0 Å². The van der Waals surface area contributed by atoms with Crippen molar-refractivity contribution in [3.05, 3.63) is 33.1 Å². The molecule has 0 bridgehead atoms. The van der Waals surface area contributed by atoms with E-state index in [0.717, 1.165) is 13.0 Å². The van der Waals surface area contributed by atoms with Gasteiger partial charge in [-0.2, -0.15) is 0 Å². The molecule has 0 aliphatic carbocycles. The Hall–Kier alpha value is -1.36. The first-order valence-corrected chi connectivity index (χ1v) is 4.30. The van der Waals surface area contributed by atoms with Gasteiger partial charge in [0.05, 0.1) is 6.04 Å². The van der Waals surface area contributed by atoms with Gasteiger partial charge in [-0.1, -0.05) is 0 Å². The van der Waals surface area contributed by atoms with Gasteiger partial charge in [0.25, 0.3) is 5.56 Å². The van der Waals surface area contributed by atoms with E-state index in [1.165, 1.54) is 16.8 Å². The highest BCUT2D eigenvalue weighted by Gasteiger charge is 2.18. The summed E-state index contributed by atoms with van der Waals surface area (Å²) in [7, 11) is 0. The zero-order valence-corrected chi connectivity index (χ0v) is 7.12. The maximum absolute atomic E-state index is 11.3. The molecule has 1 aromatic heterocycles. The molecule has 5 heteroatoms. The lowest BCUT2D eigenvalue weighted by Crippen LogP contribution is -2.37. The van der Waals surface area contributed by atoms with Crippen molar-refractivity contribution in [1.29, 1.82) is 0 Å². The Morgan fingerprint density at radius 1 is 1.46 bits per heavy atom. The van der Waals surface area contributed by atoms with E-state index in [-0.39, 0.29) is 17.3 Å². The van der Waals surface area contributed by atoms with Crippen molar-refractivity contribution in [2.45, 2.75) is 12.5 Å². The normalized spacial score (nSPS) is 22.0. The summed E-state index contributed by atoms with van der Waals surface area (Å²) in [6.07, 6.45) is 2.22. The molecule has 0 spiro atoms. The molecule has 0 saturated carbocycles. The number of aromatic nitrogens is 2. The highest BCUT2D eigenvalue weighted by atomic mass is 16.2. The molecule has 70 valence electrons. The Morgan fingerprint density at radius 2 is 2.31 bits per heavy atom. The minimum absolute atomic E-state index is 0.0115. The van der Waals surface area contributed by atoms with Gasteiger partial charge in [0.2, 0.25) is 0 Å². The molecule has 5 nitrogen and oxygen atoms in total. The van der Waals surface area contributed by atoms with Crippen LogP contribution in [0.4, 0.5) is 0 Å². The van der Waals surface area contributed by atoms with Crippen molar-refractivity contribution in [3.63, 3.8) is 0 Å². The Kier molecular flexibility index (Phi) is 2.02. The lowest BCUT2D eigenvalue weighted by Gasteiger charge is -2.09. The van der Waals surface area contributed by atoms with Crippen LogP contribution in [0.2, 0.25) is 0 Å². The number of nitrogens with one attached hydrogen (secondary N) is 2. The van der Waals surface area contributed by atoms with Crippen molar-refractivity contribution in [3.8, 4) is 0 Å². The lowest BCUT2D eigenvalue weighted by atomic mass is 10.2. The Bertz CT molecular complexity index is 372. The molecule has 1 unspecified atom stereocenters.